The second-order valence-corrected chi connectivity index (χ2v) is 8.98. The lowest BCUT2D eigenvalue weighted by Gasteiger charge is -2.34. The normalized spacial score (nSPS) is 15.5. The minimum Gasteiger partial charge on any atom is -0.497 e. The molecule has 0 aliphatic carbocycles. The molecule has 0 bridgehead atoms. The summed E-state index contributed by atoms with van der Waals surface area (Å²) in [5.74, 6) is -0.285. The topological polar surface area (TPSA) is 94.2 Å². The molecular weight excluding hydrogens is 448 g/mol. The van der Waals surface area contributed by atoms with Crippen molar-refractivity contribution in [3.63, 3.8) is 0 Å². The molecule has 1 unspecified atom stereocenters. The Labute approximate surface area is 209 Å². The monoisotopic (exact) mass is 490 g/mol. The molecule has 8 heteroatoms. The summed E-state index contributed by atoms with van der Waals surface area (Å²) in [6.07, 6.45) is 11.8. The SMILES string of the molecule is CCCCCCCCCCCCOC(=O)CC1C(=O)NCCN1C(=O)c1ccc(OC)cc1OC. The number of methoxy groups -OCH3 is 2. The molecule has 8 nitrogen and oxygen atoms in total. The minimum absolute atomic E-state index is 0.173. The Kier molecular flexibility index (Phi) is 13.0. The minimum atomic E-state index is -0.914. The molecule has 35 heavy (non-hydrogen) atoms. The van der Waals surface area contributed by atoms with Crippen LogP contribution in [-0.4, -0.2) is 62.6 Å². The van der Waals surface area contributed by atoms with Gasteiger partial charge < -0.3 is 24.4 Å². The number of ether oxygens (including phenoxy) is 3. The molecule has 0 saturated carbocycles. The summed E-state index contributed by atoms with van der Waals surface area (Å²) in [5.41, 5.74) is 0.312. The van der Waals surface area contributed by atoms with Gasteiger partial charge in [-0.3, -0.25) is 14.4 Å². The molecule has 1 aliphatic heterocycles. The lowest BCUT2D eigenvalue weighted by molar-refractivity contribution is -0.147. The number of nitrogens with zero attached hydrogens (tertiary/aromatic N) is 1. The smallest absolute Gasteiger partial charge is 0.308 e. The van der Waals surface area contributed by atoms with Crippen molar-refractivity contribution in [3.8, 4) is 11.5 Å². The van der Waals surface area contributed by atoms with Gasteiger partial charge in [-0.1, -0.05) is 64.7 Å². The Hall–Kier alpha value is -2.77. The van der Waals surface area contributed by atoms with Crippen LogP contribution in [0.4, 0.5) is 0 Å². The van der Waals surface area contributed by atoms with Gasteiger partial charge in [-0.25, -0.2) is 0 Å². The summed E-state index contributed by atoms with van der Waals surface area (Å²) in [7, 11) is 3.00. The number of amides is 2. The maximum absolute atomic E-state index is 13.2. The maximum Gasteiger partial charge on any atom is 0.308 e. The van der Waals surface area contributed by atoms with Crippen LogP contribution in [0.2, 0.25) is 0 Å². The van der Waals surface area contributed by atoms with Crippen LogP contribution in [0.5, 0.6) is 11.5 Å². The van der Waals surface area contributed by atoms with Crippen molar-refractivity contribution < 1.29 is 28.6 Å². The summed E-state index contributed by atoms with van der Waals surface area (Å²) in [5, 5.41) is 2.74. The van der Waals surface area contributed by atoms with E-state index in [0.29, 0.717) is 36.8 Å². The van der Waals surface area contributed by atoms with E-state index in [1.54, 1.807) is 18.2 Å². The second kappa shape index (κ2) is 16.0. The first-order chi connectivity index (χ1) is 17.0. The van der Waals surface area contributed by atoms with Crippen LogP contribution >= 0.6 is 0 Å². The van der Waals surface area contributed by atoms with Gasteiger partial charge in [-0.15, -0.1) is 0 Å². The Morgan fingerprint density at radius 3 is 2.26 bits per heavy atom. The van der Waals surface area contributed by atoms with Crippen molar-refractivity contribution in [2.75, 3.05) is 33.9 Å². The Morgan fingerprint density at radius 2 is 1.63 bits per heavy atom. The number of carbonyl (C=O) groups is 3. The van der Waals surface area contributed by atoms with Crippen molar-refractivity contribution >= 4 is 17.8 Å². The first kappa shape index (κ1) is 28.5. The van der Waals surface area contributed by atoms with E-state index in [1.165, 1.54) is 64.1 Å². The van der Waals surface area contributed by atoms with Crippen molar-refractivity contribution in [3.05, 3.63) is 23.8 Å². The van der Waals surface area contributed by atoms with Crippen molar-refractivity contribution in [1.29, 1.82) is 0 Å². The van der Waals surface area contributed by atoms with E-state index in [0.717, 1.165) is 19.3 Å². The number of nitrogens with one attached hydrogen (secondary N) is 1. The zero-order valence-corrected chi connectivity index (χ0v) is 21.6. The highest BCUT2D eigenvalue weighted by atomic mass is 16.5. The van der Waals surface area contributed by atoms with Crippen LogP contribution in [0.3, 0.4) is 0 Å². The fourth-order valence-electron chi connectivity index (χ4n) is 4.28. The van der Waals surface area contributed by atoms with Crippen LogP contribution in [0, 0.1) is 0 Å². The van der Waals surface area contributed by atoms with E-state index >= 15 is 0 Å². The number of rotatable bonds is 16. The molecule has 2 amide bonds. The number of benzene rings is 1. The first-order valence-electron chi connectivity index (χ1n) is 13.0. The molecular formula is C27H42N2O6. The van der Waals surface area contributed by atoms with Crippen LogP contribution in [0.1, 0.15) is 87.9 Å². The predicted molar refractivity (Wildman–Crippen MR) is 135 cm³/mol. The standard InChI is InChI=1S/C27H42N2O6/c1-4-5-6-7-8-9-10-11-12-13-18-35-25(30)20-23-26(31)28-16-17-29(23)27(32)22-15-14-21(33-2)19-24(22)34-3/h14-15,19,23H,4-13,16-18,20H2,1-3H3,(H,28,31). The van der Waals surface area contributed by atoms with E-state index in [9.17, 15) is 14.4 Å². The third kappa shape index (κ3) is 9.42. The molecule has 1 fully saturated rings. The quantitative estimate of drug-likeness (QED) is 0.271. The van der Waals surface area contributed by atoms with Gasteiger partial charge in [-0.05, 0) is 18.6 Å². The van der Waals surface area contributed by atoms with Crippen molar-refractivity contribution in [2.45, 2.75) is 83.6 Å². The van der Waals surface area contributed by atoms with E-state index < -0.39 is 12.0 Å². The van der Waals surface area contributed by atoms with Gasteiger partial charge in [0.05, 0.1) is 32.8 Å². The third-order valence-electron chi connectivity index (χ3n) is 6.35. The number of esters is 1. The zero-order valence-electron chi connectivity index (χ0n) is 21.6. The van der Waals surface area contributed by atoms with E-state index in [1.807, 2.05) is 0 Å². The summed E-state index contributed by atoms with van der Waals surface area (Å²) >= 11 is 0. The van der Waals surface area contributed by atoms with E-state index in [4.69, 9.17) is 14.2 Å². The van der Waals surface area contributed by atoms with Crippen molar-refractivity contribution in [1.82, 2.24) is 10.2 Å². The molecule has 2 rings (SSSR count). The molecule has 1 aromatic rings. The molecule has 1 heterocycles. The van der Waals surface area contributed by atoms with Crippen LogP contribution in [-0.2, 0) is 14.3 Å². The molecule has 1 atom stereocenters. The maximum atomic E-state index is 13.2. The van der Waals surface area contributed by atoms with Crippen LogP contribution in [0.15, 0.2) is 18.2 Å². The second-order valence-electron chi connectivity index (χ2n) is 8.98. The molecule has 196 valence electrons. The summed E-state index contributed by atoms with van der Waals surface area (Å²) in [6, 6.07) is 3.97. The molecule has 1 aliphatic rings. The van der Waals surface area contributed by atoms with E-state index in [2.05, 4.69) is 12.2 Å². The molecule has 0 spiro atoms. The molecule has 0 aromatic heterocycles. The third-order valence-corrected chi connectivity index (χ3v) is 6.35. The van der Waals surface area contributed by atoms with Gasteiger partial charge in [-0.2, -0.15) is 0 Å². The predicted octanol–water partition coefficient (Wildman–Crippen LogP) is 4.50. The number of piperazine rings is 1. The summed E-state index contributed by atoms with van der Waals surface area (Å²) in [4.78, 5) is 39.6. The molecule has 0 radical (unpaired) electrons. The fraction of sp³-hybridized carbons (Fsp3) is 0.667. The van der Waals surface area contributed by atoms with Gasteiger partial charge in [0.2, 0.25) is 5.91 Å². The number of carbonyl (C=O) groups excluding carboxylic acids is 3. The van der Waals surface area contributed by atoms with Crippen molar-refractivity contribution in [2.24, 2.45) is 0 Å². The average Bonchev–Trinajstić information content (AvgIpc) is 2.87. The van der Waals surface area contributed by atoms with Crippen LogP contribution < -0.4 is 14.8 Å². The molecule has 1 N–H and O–H groups in total. The van der Waals surface area contributed by atoms with Gasteiger partial charge in [0.1, 0.15) is 17.5 Å². The lowest BCUT2D eigenvalue weighted by atomic mass is 10.1. The Balaban J connectivity index is 1.79. The summed E-state index contributed by atoms with van der Waals surface area (Å²) in [6.45, 7) is 3.19. The molecule has 1 saturated heterocycles. The highest BCUT2D eigenvalue weighted by Gasteiger charge is 2.36. The number of hydrogen-bond donors (Lipinski definition) is 1. The van der Waals surface area contributed by atoms with Gasteiger partial charge in [0, 0.05) is 19.2 Å². The fourth-order valence-corrected chi connectivity index (χ4v) is 4.28. The highest BCUT2D eigenvalue weighted by Crippen LogP contribution is 2.27. The highest BCUT2D eigenvalue weighted by molar-refractivity contribution is 6.01. The lowest BCUT2D eigenvalue weighted by Crippen LogP contribution is -2.57. The molecule has 1 aromatic carbocycles. The average molecular weight is 491 g/mol. The summed E-state index contributed by atoms with van der Waals surface area (Å²) < 4.78 is 15.9. The first-order valence-corrected chi connectivity index (χ1v) is 13.0. The Morgan fingerprint density at radius 1 is 0.971 bits per heavy atom. The van der Waals surface area contributed by atoms with Gasteiger partial charge >= 0.3 is 5.97 Å². The Bertz CT molecular complexity index is 813. The van der Waals surface area contributed by atoms with Crippen LogP contribution in [0.25, 0.3) is 0 Å². The number of unbranched alkanes of at least 4 members (excludes halogenated alkanes) is 9. The zero-order chi connectivity index (χ0) is 25.5. The van der Waals surface area contributed by atoms with Gasteiger partial charge in [0.15, 0.2) is 0 Å². The van der Waals surface area contributed by atoms with Gasteiger partial charge in [0.25, 0.3) is 5.91 Å². The largest absolute Gasteiger partial charge is 0.497 e. The number of hydrogen-bond acceptors (Lipinski definition) is 6. The van der Waals surface area contributed by atoms with E-state index in [-0.39, 0.29) is 18.2 Å².